The second-order valence-electron chi connectivity index (χ2n) is 8.30. The summed E-state index contributed by atoms with van der Waals surface area (Å²) in [6, 6.07) is 13.1. The number of aryl methyl sites for hydroxylation is 1. The fraction of sp³-hybridized carbons (Fsp3) is 0.480. The Kier molecular flexibility index (Phi) is 8.51. The topological polar surface area (TPSA) is 70.2 Å². The van der Waals surface area contributed by atoms with Crippen molar-refractivity contribution in [2.24, 2.45) is 0 Å². The summed E-state index contributed by atoms with van der Waals surface area (Å²) in [6.45, 7) is 10.0. The zero-order valence-electron chi connectivity index (χ0n) is 20.1. The summed E-state index contributed by atoms with van der Waals surface area (Å²) in [4.78, 5) is 17.5. The van der Waals surface area contributed by atoms with Crippen LogP contribution in [0.25, 0.3) is 0 Å². The van der Waals surface area contributed by atoms with Gasteiger partial charge in [0.1, 0.15) is 5.75 Å². The number of hydrogen-bond donors (Lipinski definition) is 0. The van der Waals surface area contributed by atoms with E-state index < -0.39 is 10.0 Å². The molecule has 0 aliphatic carbocycles. The lowest BCUT2D eigenvalue weighted by atomic mass is 10.1. The Morgan fingerprint density at radius 1 is 1.00 bits per heavy atom. The zero-order valence-corrected chi connectivity index (χ0v) is 20.9. The first-order chi connectivity index (χ1) is 15.8. The van der Waals surface area contributed by atoms with Gasteiger partial charge in [0, 0.05) is 51.4 Å². The number of rotatable bonds is 9. The van der Waals surface area contributed by atoms with Crippen molar-refractivity contribution in [3.05, 3.63) is 59.2 Å². The van der Waals surface area contributed by atoms with Crippen molar-refractivity contribution in [2.45, 2.75) is 32.1 Å². The number of nitrogens with zero attached hydrogens (tertiary/aromatic N) is 3. The van der Waals surface area contributed by atoms with Crippen LogP contribution in [-0.4, -0.2) is 81.4 Å². The first-order valence-electron chi connectivity index (χ1n) is 11.6. The van der Waals surface area contributed by atoms with Crippen LogP contribution in [-0.2, 0) is 16.4 Å². The van der Waals surface area contributed by atoms with Gasteiger partial charge in [0.05, 0.1) is 12.0 Å². The van der Waals surface area contributed by atoms with Crippen molar-refractivity contribution < 1.29 is 17.9 Å². The predicted molar refractivity (Wildman–Crippen MR) is 130 cm³/mol. The molecular formula is C25H35N3O4S. The Balaban J connectivity index is 1.61. The highest BCUT2D eigenvalue weighted by Gasteiger charge is 2.27. The number of sulfonamides is 1. The molecule has 33 heavy (non-hydrogen) atoms. The van der Waals surface area contributed by atoms with Crippen LogP contribution in [0.5, 0.6) is 5.75 Å². The summed E-state index contributed by atoms with van der Waals surface area (Å²) in [6.07, 6.45) is 0.947. The maximum Gasteiger partial charge on any atom is 0.253 e. The molecule has 1 heterocycles. The number of ether oxygens (including phenoxy) is 1. The molecule has 180 valence electrons. The number of hydrogen-bond acceptors (Lipinski definition) is 5. The third-order valence-electron chi connectivity index (χ3n) is 6.29. The minimum atomic E-state index is -3.62. The molecule has 8 heteroatoms. The van der Waals surface area contributed by atoms with E-state index in [9.17, 15) is 13.2 Å². The van der Waals surface area contributed by atoms with Crippen molar-refractivity contribution in [3.8, 4) is 5.75 Å². The van der Waals surface area contributed by atoms with Crippen molar-refractivity contribution >= 4 is 15.9 Å². The summed E-state index contributed by atoms with van der Waals surface area (Å²) >= 11 is 0. The Labute approximate surface area is 198 Å². The Morgan fingerprint density at radius 3 is 2.21 bits per heavy atom. The fourth-order valence-corrected chi connectivity index (χ4v) is 5.86. The molecule has 0 aromatic heterocycles. The first-order valence-corrected chi connectivity index (χ1v) is 13.0. The molecule has 2 aromatic rings. The molecule has 1 fully saturated rings. The summed E-state index contributed by atoms with van der Waals surface area (Å²) in [5.41, 5.74) is 2.34. The molecule has 7 nitrogen and oxygen atoms in total. The third-order valence-corrected chi connectivity index (χ3v) is 8.49. The summed E-state index contributed by atoms with van der Waals surface area (Å²) in [5.74, 6) is 0.746. The van der Waals surface area contributed by atoms with E-state index in [0.717, 1.165) is 31.8 Å². The average Bonchev–Trinajstić information content (AvgIpc) is 2.83. The van der Waals surface area contributed by atoms with Gasteiger partial charge in [0.2, 0.25) is 10.0 Å². The second-order valence-corrected chi connectivity index (χ2v) is 10.2. The smallest absolute Gasteiger partial charge is 0.253 e. The highest BCUT2D eigenvalue weighted by Crippen LogP contribution is 2.22. The van der Waals surface area contributed by atoms with Gasteiger partial charge >= 0.3 is 0 Å². The lowest BCUT2D eigenvalue weighted by Crippen LogP contribution is -2.49. The average molecular weight is 474 g/mol. The molecule has 0 spiro atoms. The second kappa shape index (κ2) is 11.1. The Bertz CT molecular complexity index is 1040. The fourth-order valence-electron chi connectivity index (χ4n) is 4.15. The molecule has 0 saturated carbocycles. The standard InChI is InChI=1S/C25H35N3O4S/c1-5-28(6-2)33(30,31)24-19-22(10-7-20(24)3)25(29)27-17-15-26(16-18-27)14-13-21-8-11-23(32-4)12-9-21/h7-12,19H,5-6,13-18H2,1-4H3. The monoisotopic (exact) mass is 473 g/mol. The Hall–Kier alpha value is -2.42. The van der Waals surface area contributed by atoms with Crippen LogP contribution in [0.1, 0.15) is 35.3 Å². The maximum absolute atomic E-state index is 13.1. The predicted octanol–water partition coefficient (Wildman–Crippen LogP) is 3.03. The highest BCUT2D eigenvalue weighted by molar-refractivity contribution is 7.89. The molecular weight excluding hydrogens is 438 g/mol. The molecule has 0 N–H and O–H groups in total. The van der Waals surface area contributed by atoms with E-state index in [4.69, 9.17) is 4.74 Å². The molecule has 0 bridgehead atoms. The minimum absolute atomic E-state index is 0.110. The van der Waals surface area contributed by atoms with Gasteiger partial charge in [-0.1, -0.05) is 32.0 Å². The number of carbonyl (C=O) groups is 1. The zero-order chi connectivity index (χ0) is 24.0. The molecule has 1 saturated heterocycles. The van der Waals surface area contributed by atoms with Crippen molar-refractivity contribution in [3.63, 3.8) is 0 Å². The van der Waals surface area contributed by atoms with E-state index in [1.807, 2.05) is 30.9 Å². The van der Waals surface area contributed by atoms with Crippen molar-refractivity contribution in [1.29, 1.82) is 0 Å². The lowest BCUT2D eigenvalue weighted by Gasteiger charge is -2.35. The lowest BCUT2D eigenvalue weighted by molar-refractivity contribution is 0.0638. The third kappa shape index (κ3) is 5.93. The number of piperazine rings is 1. The van der Waals surface area contributed by atoms with Gasteiger partial charge in [-0.25, -0.2) is 8.42 Å². The number of carbonyl (C=O) groups excluding carboxylic acids is 1. The van der Waals surface area contributed by atoms with Gasteiger partial charge in [-0.2, -0.15) is 4.31 Å². The van der Waals surface area contributed by atoms with Gasteiger partial charge in [0.15, 0.2) is 0 Å². The Morgan fingerprint density at radius 2 is 1.64 bits per heavy atom. The normalized spacial score (nSPS) is 15.1. The van der Waals surface area contributed by atoms with Crippen LogP contribution >= 0.6 is 0 Å². The minimum Gasteiger partial charge on any atom is -0.497 e. The summed E-state index contributed by atoms with van der Waals surface area (Å²) in [5, 5.41) is 0. The van der Waals surface area contributed by atoms with E-state index in [1.54, 1.807) is 32.2 Å². The number of benzene rings is 2. The van der Waals surface area contributed by atoms with Crippen LogP contribution in [0, 0.1) is 6.92 Å². The van der Waals surface area contributed by atoms with Crippen LogP contribution in [0.15, 0.2) is 47.4 Å². The van der Waals surface area contributed by atoms with Gasteiger partial charge in [-0.05, 0) is 48.7 Å². The largest absolute Gasteiger partial charge is 0.497 e. The van der Waals surface area contributed by atoms with Crippen LogP contribution in [0.4, 0.5) is 0 Å². The maximum atomic E-state index is 13.1. The molecule has 2 aromatic carbocycles. The molecule has 0 atom stereocenters. The molecule has 0 unspecified atom stereocenters. The van der Waals surface area contributed by atoms with Crippen LogP contribution in [0.2, 0.25) is 0 Å². The highest BCUT2D eigenvalue weighted by atomic mass is 32.2. The number of amides is 1. The molecule has 3 rings (SSSR count). The number of methoxy groups -OCH3 is 1. The van der Waals surface area contributed by atoms with Crippen molar-refractivity contribution in [2.75, 3.05) is 52.9 Å². The molecule has 1 amide bonds. The van der Waals surface area contributed by atoms with Gasteiger partial charge in [0.25, 0.3) is 5.91 Å². The van der Waals surface area contributed by atoms with E-state index in [-0.39, 0.29) is 10.8 Å². The van der Waals surface area contributed by atoms with Crippen LogP contribution in [0.3, 0.4) is 0 Å². The van der Waals surface area contributed by atoms with E-state index in [0.29, 0.717) is 37.3 Å². The molecule has 1 aliphatic rings. The van der Waals surface area contributed by atoms with Gasteiger partial charge in [-0.3, -0.25) is 9.69 Å². The van der Waals surface area contributed by atoms with Gasteiger partial charge < -0.3 is 9.64 Å². The SMILES string of the molecule is CCN(CC)S(=O)(=O)c1cc(C(=O)N2CCN(CCc3ccc(OC)cc3)CC2)ccc1C. The van der Waals surface area contributed by atoms with Crippen molar-refractivity contribution in [1.82, 2.24) is 14.1 Å². The quantitative estimate of drug-likeness (QED) is 0.560. The van der Waals surface area contributed by atoms with E-state index in [2.05, 4.69) is 17.0 Å². The summed E-state index contributed by atoms with van der Waals surface area (Å²) < 4.78 is 32.7. The molecule has 0 radical (unpaired) electrons. The first kappa shape index (κ1) is 25.2. The van der Waals surface area contributed by atoms with E-state index in [1.165, 1.54) is 9.87 Å². The van der Waals surface area contributed by atoms with Gasteiger partial charge in [-0.15, -0.1) is 0 Å². The molecule has 1 aliphatic heterocycles. The van der Waals surface area contributed by atoms with E-state index >= 15 is 0 Å². The van der Waals surface area contributed by atoms with Crippen LogP contribution < -0.4 is 4.74 Å². The summed E-state index contributed by atoms with van der Waals surface area (Å²) in [7, 11) is -1.96.